The van der Waals surface area contributed by atoms with Crippen LogP contribution in [0.3, 0.4) is 0 Å². The van der Waals surface area contributed by atoms with Gasteiger partial charge in [0, 0.05) is 0 Å². The standard InChI is InChI=1S/C6H12N2O.C3H6/c1-8-4-2-6(7-9)3-5-8;1-3-2/h6H,2-5H2,1H3;3H,1H2,2H3. The van der Waals surface area contributed by atoms with E-state index in [2.05, 4.69) is 23.7 Å². The first-order valence-corrected chi connectivity index (χ1v) is 4.32. The number of piperidine rings is 1. The summed E-state index contributed by atoms with van der Waals surface area (Å²) in [5.41, 5.74) is 0. The van der Waals surface area contributed by atoms with Gasteiger partial charge in [-0.25, -0.2) is 0 Å². The van der Waals surface area contributed by atoms with Gasteiger partial charge in [-0.2, -0.15) is 4.91 Å². The van der Waals surface area contributed by atoms with Crippen molar-refractivity contribution in [2.75, 3.05) is 20.1 Å². The Hall–Kier alpha value is -0.700. The molecule has 1 aliphatic heterocycles. The maximum absolute atomic E-state index is 10.00. The first-order valence-electron chi connectivity index (χ1n) is 4.32. The van der Waals surface area contributed by atoms with Crippen molar-refractivity contribution < 1.29 is 0 Å². The summed E-state index contributed by atoms with van der Waals surface area (Å²) in [7, 11) is 2.07. The highest BCUT2D eigenvalue weighted by Crippen LogP contribution is 2.10. The summed E-state index contributed by atoms with van der Waals surface area (Å²) >= 11 is 0. The molecule has 0 unspecified atom stereocenters. The molecule has 3 heteroatoms. The minimum atomic E-state index is 0.0983. The molecule has 0 bridgehead atoms. The Morgan fingerprint density at radius 3 is 2.25 bits per heavy atom. The third-order valence-electron chi connectivity index (χ3n) is 1.84. The second kappa shape index (κ2) is 6.98. The minimum absolute atomic E-state index is 0.0983. The van der Waals surface area contributed by atoms with E-state index in [1.165, 1.54) is 0 Å². The van der Waals surface area contributed by atoms with E-state index in [-0.39, 0.29) is 6.04 Å². The number of allylic oxidation sites excluding steroid dienone is 1. The van der Waals surface area contributed by atoms with Gasteiger partial charge in [-0.3, -0.25) is 0 Å². The number of nitrogens with zero attached hydrogens (tertiary/aromatic N) is 2. The second-order valence-corrected chi connectivity index (χ2v) is 3.05. The summed E-state index contributed by atoms with van der Waals surface area (Å²) in [5.74, 6) is 0. The van der Waals surface area contributed by atoms with Crippen LogP contribution in [0.4, 0.5) is 0 Å². The number of rotatable bonds is 1. The van der Waals surface area contributed by atoms with Gasteiger partial charge in [-0.1, -0.05) is 11.3 Å². The van der Waals surface area contributed by atoms with E-state index < -0.39 is 0 Å². The van der Waals surface area contributed by atoms with Gasteiger partial charge in [0.05, 0.1) is 6.04 Å². The zero-order valence-corrected chi connectivity index (χ0v) is 7.99. The molecule has 0 aromatic heterocycles. The monoisotopic (exact) mass is 170 g/mol. The van der Waals surface area contributed by atoms with Crippen LogP contribution in [0.5, 0.6) is 0 Å². The smallest absolute Gasteiger partial charge is 0.0944 e. The Kier molecular flexibility index (Phi) is 6.57. The van der Waals surface area contributed by atoms with Crippen LogP contribution >= 0.6 is 0 Å². The Bertz CT molecular complexity index is 128. The van der Waals surface area contributed by atoms with Crippen molar-refractivity contribution in [3.63, 3.8) is 0 Å². The second-order valence-electron chi connectivity index (χ2n) is 3.05. The number of hydrogen-bond donors (Lipinski definition) is 0. The van der Waals surface area contributed by atoms with Gasteiger partial charge in [0.2, 0.25) is 0 Å². The maximum Gasteiger partial charge on any atom is 0.0944 e. The number of hydrogen-bond acceptors (Lipinski definition) is 3. The highest BCUT2D eigenvalue weighted by molar-refractivity contribution is 4.74. The first-order chi connectivity index (χ1) is 5.74. The van der Waals surface area contributed by atoms with Crippen LogP contribution < -0.4 is 0 Å². The predicted molar refractivity (Wildman–Crippen MR) is 52.2 cm³/mol. The van der Waals surface area contributed by atoms with Gasteiger partial charge in [0.25, 0.3) is 0 Å². The van der Waals surface area contributed by atoms with Crippen molar-refractivity contribution in [2.45, 2.75) is 25.8 Å². The molecule has 1 aliphatic rings. The molecule has 0 radical (unpaired) electrons. The van der Waals surface area contributed by atoms with E-state index in [1.54, 1.807) is 6.08 Å². The Balaban J connectivity index is 0.000000354. The van der Waals surface area contributed by atoms with Gasteiger partial charge in [-0.05, 0) is 39.9 Å². The van der Waals surface area contributed by atoms with E-state index in [1.807, 2.05) is 6.92 Å². The van der Waals surface area contributed by atoms with Crippen molar-refractivity contribution in [3.05, 3.63) is 17.6 Å². The normalized spacial score (nSPS) is 19.2. The lowest BCUT2D eigenvalue weighted by molar-refractivity contribution is 0.256. The number of likely N-dealkylation sites (tertiary alicyclic amines) is 1. The largest absolute Gasteiger partial charge is 0.306 e. The summed E-state index contributed by atoms with van der Waals surface area (Å²) < 4.78 is 0. The molecular weight excluding hydrogens is 152 g/mol. The molecule has 0 spiro atoms. The highest BCUT2D eigenvalue weighted by Gasteiger charge is 2.15. The third-order valence-corrected chi connectivity index (χ3v) is 1.84. The van der Waals surface area contributed by atoms with Crippen LogP contribution in [-0.4, -0.2) is 31.1 Å². The summed E-state index contributed by atoms with van der Waals surface area (Å²) in [5, 5.41) is 3.01. The van der Waals surface area contributed by atoms with Crippen molar-refractivity contribution >= 4 is 0 Å². The van der Waals surface area contributed by atoms with E-state index >= 15 is 0 Å². The maximum atomic E-state index is 10.00. The van der Waals surface area contributed by atoms with Crippen LogP contribution in [0.1, 0.15) is 19.8 Å². The lowest BCUT2D eigenvalue weighted by Crippen LogP contribution is -2.31. The third kappa shape index (κ3) is 5.02. The molecule has 12 heavy (non-hydrogen) atoms. The topological polar surface area (TPSA) is 32.7 Å². The quantitative estimate of drug-likeness (QED) is 0.445. The molecule has 1 rings (SSSR count). The average Bonchev–Trinajstić information content (AvgIpc) is 2.07. The van der Waals surface area contributed by atoms with Crippen LogP contribution in [0, 0.1) is 4.91 Å². The van der Waals surface area contributed by atoms with Gasteiger partial charge in [0.1, 0.15) is 0 Å². The Morgan fingerprint density at radius 1 is 1.50 bits per heavy atom. The van der Waals surface area contributed by atoms with Crippen LogP contribution in [0.2, 0.25) is 0 Å². The van der Waals surface area contributed by atoms with Crippen molar-refractivity contribution in [1.29, 1.82) is 0 Å². The Labute approximate surface area is 74.4 Å². The molecule has 1 heterocycles. The van der Waals surface area contributed by atoms with Gasteiger partial charge < -0.3 is 4.90 Å². The zero-order chi connectivity index (χ0) is 9.40. The van der Waals surface area contributed by atoms with Crippen LogP contribution in [0.15, 0.2) is 17.8 Å². The molecule has 1 saturated heterocycles. The van der Waals surface area contributed by atoms with Crippen molar-refractivity contribution in [1.82, 2.24) is 4.90 Å². The fourth-order valence-electron chi connectivity index (χ4n) is 1.10. The number of nitroso groups, excluding NO2 is 1. The van der Waals surface area contributed by atoms with Gasteiger partial charge in [-0.15, -0.1) is 6.58 Å². The summed E-state index contributed by atoms with van der Waals surface area (Å²) in [6, 6.07) is 0.0983. The van der Waals surface area contributed by atoms with Crippen molar-refractivity contribution in [3.8, 4) is 0 Å². The van der Waals surface area contributed by atoms with E-state index in [0.717, 1.165) is 25.9 Å². The van der Waals surface area contributed by atoms with E-state index in [0.29, 0.717) is 0 Å². The first kappa shape index (κ1) is 11.3. The fourth-order valence-corrected chi connectivity index (χ4v) is 1.10. The molecule has 1 fully saturated rings. The molecule has 0 saturated carbocycles. The van der Waals surface area contributed by atoms with Gasteiger partial charge in [0.15, 0.2) is 0 Å². The lowest BCUT2D eigenvalue weighted by Gasteiger charge is -2.24. The SMILES string of the molecule is C=CC.CN1CCC(N=O)CC1. The molecule has 3 nitrogen and oxygen atoms in total. The molecule has 0 aromatic carbocycles. The summed E-state index contributed by atoms with van der Waals surface area (Å²) in [6.07, 6.45) is 3.64. The molecule has 0 amide bonds. The minimum Gasteiger partial charge on any atom is -0.306 e. The molecular formula is C9H18N2O. The summed E-state index contributed by atoms with van der Waals surface area (Å²) in [4.78, 5) is 12.2. The molecule has 0 atom stereocenters. The summed E-state index contributed by atoms with van der Waals surface area (Å²) in [6.45, 7) is 7.30. The zero-order valence-electron chi connectivity index (χ0n) is 7.99. The van der Waals surface area contributed by atoms with Crippen LogP contribution in [-0.2, 0) is 0 Å². The molecule has 0 aromatic rings. The Morgan fingerprint density at radius 2 is 1.92 bits per heavy atom. The molecule has 70 valence electrons. The van der Waals surface area contributed by atoms with Crippen molar-refractivity contribution in [2.24, 2.45) is 5.18 Å². The van der Waals surface area contributed by atoms with E-state index in [4.69, 9.17) is 0 Å². The van der Waals surface area contributed by atoms with Gasteiger partial charge >= 0.3 is 0 Å². The van der Waals surface area contributed by atoms with Crippen LogP contribution in [0.25, 0.3) is 0 Å². The van der Waals surface area contributed by atoms with E-state index in [9.17, 15) is 4.91 Å². The molecule has 0 aliphatic carbocycles. The predicted octanol–water partition coefficient (Wildman–Crippen LogP) is 2.04. The lowest BCUT2D eigenvalue weighted by atomic mass is 10.1. The average molecular weight is 170 g/mol. The molecule has 0 N–H and O–H groups in total. The fraction of sp³-hybridized carbons (Fsp3) is 0.778. The highest BCUT2D eigenvalue weighted by atomic mass is 16.3.